The van der Waals surface area contributed by atoms with Crippen molar-refractivity contribution < 1.29 is 14.3 Å². The van der Waals surface area contributed by atoms with Crippen molar-refractivity contribution in [2.75, 3.05) is 13.2 Å². The van der Waals surface area contributed by atoms with Gasteiger partial charge >= 0.3 is 5.97 Å². The lowest BCUT2D eigenvalue weighted by molar-refractivity contribution is -0.156. The van der Waals surface area contributed by atoms with Crippen LogP contribution in [0, 0.1) is 10.8 Å². The molecule has 17 heavy (non-hydrogen) atoms. The summed E-state index contributed by atoms with van der Waals surface area (Å²) in [5.74, 6) is -0.152. The fourth-order valence-electron chi connectivity index (χ4n) is 2.09. The normalized spacial score (nSPS) is 29.1. The molecule has 1 saturated heterocycles. The third kappa shape index (κ3) is 3.84. The van der Waals surface area contributed by atoms with Gasteiger partial charge in [-0.3, -0.25) is 4.79 Å². The Bertz CT molecular complexity index is 290. The molecule has 2 unspecified atom stereocenters. The smallest absolute Gasteiger partial charge is 0.311 e. The van der Waals surface area contributed by atoms with Gasteiger partial charge in [-0.05, 0) is 40.5 Å². The zero-order chi connectivity index (χ0) is 13.1. The molecule has 0 aromatic carbocycles. The molecule has 1 aliphatic rings. The summed E-state index contributed by atoms with van der Waals surface area (Å²) in [6.45, 7) is 12.5. The number of carbonyl (C=O) groups is 1. The summed E-state index contributed by atoms with van der Waals surface area (Å²) < 4.78 is 11.0. The Labute approximate surface area is 104 Å². The largest absolute Gasteiger partial charge is 0.465 e. The van der Waals surface area contributed by atoms with Gasteiger partial charge in [0.25, 0.3) is 0 Å². The minimum Gasteiger partial charge on any atom is -0.465 e. The van der Waals surface area contributed by atoms with Crippen LogP contribution in [0.15, 0.2) is 12.7 Å². The highest BCUT2D eigenvalue weighted by atomic mass is 16.5. The molecule has 1 aliphatic heterocycles. The van der Waals surface area contributed by atoms with E-state index in [0.717, 1.165) is 12.8 Å². The molecule has 0 N–H and O–H groups in total. The Hall–Kier alpha value is -0.830. The second-order valence-corrected chi connectivity index (χ2v) is 6.14. The third-order valence-electron chi connectivity index (χ3n) is 3.09. The molecular weight excluding hydrogens is 216 g/mol. The van der Waals surface area contributed by atoms with Crippen LogP contribution in [-0.2, 0) is 14.3 Å². The van der Waals surface area contributed by atoms with Gasteiger partial charge < -0.3 is 9.47 Å². The topological polar surface area (TPSA) is 35.5 Å². The van der Waals surface area contributed by atoms with E-state index in [2.05, 4.69) is 13.5 Å². The number of allylic oxidation sites excluding steroid dienone is 1. The van der Waals surface area contributed by atoms with Gasteiger partial charge in [-0.1, -0.05) is 6.08 Å². The fraction of sp³-hybridized carbons (Fsp3) is 0.786. The van der Waals surface area contributed by atoms with Gasteiger partial charge in [0.1, 0.15) is 0 Å². The minimum atomic E-state index is -0.444. The number of hydrogen-bond donors (Lipinski definition) is 0. The molecular formula is C14H24O3. The van der Waals surface area contributed by atoms with Crippen molar-refractivity contribution in [2.45, 2.75) is 46.6 Å². The second-order valence-electron chi connectivity index (χ2n) is 6.14. The Morgan fingerprint density at radius 3 is 2.65 bits per heavy atom. The van der Waals surface area contributed by atoms with E-state index in [-0.39, 0.29) is 17.5 Å². The molecule has 0 radical (unpaired) electrons. The van der Waals surface area contributed by atoms with Crippen LogP contribution >= 0.6 is 0 Å². The van der Waals surface area contributed by atoms with E-state index in [1.165, 1.54) is 0 Å². The highest BCUT2D eigenvalue weighted by Gasteiger charge is 2.39. The van der Waals surface area contributed by atoms with E-state index >= 15 is 0 Å². The highest BCUT2D eigenvalue weighted by molar-refractivity contribution is 5.75. The highest BCUT2D eigenvalue weighted by Crippen LogP contribution is 2.37. The first kappa shape index (κ1) is 14.2. The summed E-state index contributed by atoms with van der Waals surface area (Å²) in [4.78, 5) is 11.8. The van der Waals surface area contributed by atoms with Crippen LogP contribution in [-0.4, -0.2) is 25.3 Å². The molecule has 1 rings (SSSR count). The van der Waals surface area contributed by atoms with Crippen molar-refractivity contribution in [1.82, 2.24) is 0 Å². The van der Waals surface area contributed by atoms with Crippen molar-refractivity contribution in [3.63, 3.8) is 0 Å². The van der Waals surface area contributed by atoms with Crippen LogP contribution in [0.3, 0.4) is 0 Å². The first-order valence-corrected chi connectivity index (χ1v) is 6.19. The molecule has 1 heterocycles. The summed E-state index contributed by atoms with van der Waals surface area (Å²) in [5.41, 5.74) is -0.511. The van der Waals surface area contributed by atoms with Gasteiger partial charge in [-0.15, -0.1) is 6.58 Å². The maximum atomic E-state index is 11.8. The Morgan fingerprint density at radius 1 is 1.59 bits per heavy atom. The molecule has 0 saturated carbocycles. The summed E-state index contributed by atoms with van der Waals surface area (Å²) >= 11 is 0. The lowest BCUT2D eigenvalue weighted by Crippen LogP contribution is -2.32. The van der Waals surface area contributed by atoms with Crippen molar-refractivity contribution in [2.24, 2.45) is 10.8 Å². The van der Waals surface area contributed by atoms with E-state index in [9.17, 15) is 4.79 Å². The van der Waals surface area contributed by atoms with Crippen molar-refractivity contribution in [3.05, 3.63) is 12.7 Å². The number of esters is 1. The molecule has 0 spiro atoms. The molecule has 1 fully saturated rings. The second kappa shape index (κ2) is 5.21. The van der Waals surface area contributed by atoms with Gasteiger partial charge in [0.15, 0.2) is 0 Å². The van der Waals surface area contributed by atoms with Gasteiger partial charge in [0, 0.05) is 5.41 Å². The molecule has 0 aromatic rings. The van der Waals surface area contributed by atoms with Crippen molar-refractivity contribution >= 4 is 5.97 Å². The quantitative estimate of drug-likeness (QED) is 0.560. The first-order valence-electron chi connectivity index (χ1n) is 6.19. The number of hydrogen-bond acceptors (Lipinski definition) is 3. The molecule has 2 atom stereocenters. The minimum absolute atomic E-state index is 0.0674. The predicted octanol–water partition coefficient (Wildman–Crippen LogP) is 2.95. The molecule has 0 amide bonds. The van der Waals surface area contributed by atoms with Crippen LogP contribution in [0.4, 0.5) is 0 Å². The lowest BCUT2D eigenvalue weighted by Gasteiger charge is -2.27. The van der Waals surface area contributed by atoms with E-state index in [4.69, 9.17) is 9.47 Å². The van der Waals surface area contributed by atoms with Gasteiger partial charge in [0.05, 0.1) is 24.7 Å². The monoisotopic (exact) mass is 240 g/mol. The zero-order valence-corrected chi connectivity index (χ0v) is 11.4. The molecule has 3 nitrogen and oxygen atoms in total. The van der Waals surface area contributed by atoms with Crippen LogP contribution in [0.25, 0.3) is 0 Å². The average Bonchev–Trinajstić information content (AvgIpc) is 2.56. The van der Waals surface area contributed by atoms with Gasteiger partial charge in [0.2, 0.25) is 0 Å². The molecule has 3 heteroatoms. The molecule has 0 aliphatic carbocycles. The van der Waals surface area contributed by atoms with Gasteiger partial charge in [-0.2, -0.15) is 0 Å². The van der Waals surface area contributed by atoms with Crippen molar-refractivity contribution in [3.8, 4) is 0 Å². The summed E-state index contributed by atoms with van der Waals surface area (Å²) in [7, 11) is 0. The maximum absolute atomic E-state index is 11.8. The first-order chi connectivity index (χ1) is 7.79. The predicted molar refractivity (Wildman–Crippen MR) is 67.7 cm³/mol. The summed E-state index contributed by atoms with van der Waals surface area (Å²) in [5, 5.41) is 0. The van der Waals surface area contributed by atoms with Crippen LogP contribution in [0.5, 0.6) is 0 Å². The zero-order valence-electron chi connectivity index (χ0n) is 11.4. The third-order valence-corrected chi connectivity index (χ3v) is 3.09. The lowest BCUT2D eigenvalue weighted by atomic mass is 9.83. The van der Waals surface area contributed by atoms with Crippen molar-refractivity contribution in [1.29, 1.82) is 0 Å². The maximum Gasteiger partial charge on any atom is 0.311 e. The van der Waals surface area contributed by atoms with E-state index in [0.29, 0.717) is 13.2 Å². The van der Waals surface area contributed by atoms with E-state index in [1.54, 1.807) is 0 Å². The molecule has 0 aromatic heterocycles. The Kier molecular flexibility index (Phi) is 4.36. The number of ether oxygens (including phenoxy) is 2. The standard InChI is InChI=1S/C14H24O3/c1-6-7-14(8-11(2)16-9-14)10-17-12(15)13(3,4)5/h6,11H,1,7-10H2,2-5H3. The van der Waals surface area contributed by atoms with Crippen LogP contribution < -0.4 is 0 Å². The molecule has 98 valence electrons. The Morgan fingerprint density at radius 2 is 2.24 bits per heavy atom. The number of carbonyl (C=O) groups excluding carboxylic acids is 1. The number of rotatable bonds is 4. The van der Waals surface area contributed by atoms with E-state index < -0.39 is 5.41 Å². The van der Waals surface area contributed by atoms with E-state index in [1.807, 2.05) is 26.8 Å². The van der Waals surface area contributed by atoms with Crippen LogP contribution in [0.2, 0.25) is 0 Å². The van der Waals surface area contributed by atoms with Crippen LogP contribution in [0.1, 0.15) is 40.5 Å². The Balaban J connectivity index is 2.57. The van der Waals surface area contributed by atoms with Gasteiger partial charge in [-0.25, -0.2) is 0 Å². The summed E-state index contributed by atoms with van der Waals surface area (Å²) in [6, 6.07) is 0. The SMILES string of the molecule is C=CCC1(COC(=O)C(C)(C)C)COC(C)C1. The fourth-order valence-corrected chi connectivity index (χ4v) is 2.09. The average molecular weight is 240 g/mol. The molecule has 0 bridgehead atoms. The summed E-state index contributed by atoms with van der Waals surface area (Å²) in [6.07, 6.45) is 3.88.